The van der Waals surface area contributed by atoms with Gasteiger partial charge in [-0.1, -0.05) is 36.4 Å². The molecule has 1 fully saturated rings. The first-order valence-corrected chi connectivity index (χ1v) is 12.2. The molecule has 1 heterocycles. The first kappa shape index (κ1) is 20.0. The Labute approximate surface area is 161 Å². The SMILES string of the molecule is CS(=O)(=O)c1cccc(S(=O)(=O)NC2CCCN(Cc3ccccc3)C2)c1. The standard InChI is InChI=1S/C19H24N2O4S2/c1-26(22,23)18-10-5-11-19(13-18)27(24,25)20-17-9-6-12-21(15-17)14-16-7-3-2-4-8-16/h2-5,7-8,10-11,13,17,20H,6,9,12,14-15H2,1H3. The molecule has 1 aliphatic heterocycles. The molecule has 146 valence electrons. The molecule has 1 unspecified atom stereocenters. The number of piperidine rings is 1. The van der Waals surface area contributed by atoms with Gasteiger partial charge in [0.15, 0.2) is 9.84 Å². The van der Waals surface area contributed by atoms with Gasteiger partial charge in [-0.2, -0.15) is 0 Å². The van der Waals surface area contributed by atoms with E-state index < -0.39 is 19.9 Å². The van der Waals surface area contributed by atoms with E-state index in [0.29, 0.717) is 6.54 Å². The monoisotopic (exact) mass is 408 g/mol. The molecule has 1 saturated heterocycles. The first-order chi connectivity index (χ1) is 12.7. The molecule has 6 nitrogen and oxygen atoms in total. The first-order valence-electron chi connectivity index (χ1n) is 8.83. The number of hydrogen-bond acceptors (Lipinski definition) is 5. The Morgan fingerprint density at radius 2 is 1.70 bits per heavy atom. The second kappa shape index (κ2) is 8.10. The molecule has 1 atom stereocenters. The Bertz CT molecular complexity index is 989. The van der Waals surface area contributed by atoms with Gasteiger partial charge in [-0.15, -0.1) is 0 Å². The molecule has 2 aromatic rings. The molecule has 2 aromatic carbocycles. The van der Waals surface area contributed by atoms with Crippen molar-refractivity contribution in [2.24, 2.45) is 0 Å². The summed E-state index contributed by atoms with van der Waals surface area (Å²) in [6.45, 7) is 2.33. The van der Waals surface area contributed by atoms with Gasteiger partial charge in [0.05, 0.1) is 9.79 Å². The lowest BCUT2D eigenvalue weighted by Crippen LogP contribution is -2.47. The third-order valence-corrected chi connectivity index (χ3v) is 7.25. The minimum absolute atomic E-state index is 0.000256. The molecular weight excluding hydrogens is 384 g/mol. The van der Waals surface area contributed by atoms with Gasteiger partial charge in [-0.25, -0.2) is 21.6 Å². The fourth-order valence-corrected chi connectivity index (χ4v) is 5.34. The lowest BCUT2D eigenvalue weighted by atomic mass is 10.1. The molecule has 1 N–H and O–H groups in total. The van der Waals surface area contributed by atoms with Crippen LogP contribution in [0.5, 0.6) is 0 Å². The summed E-state index contributed by atoms with van der Waals surface area (Å²) in [5.74, 6) is 0. The van der Waals surface area contributed by atoms with Crippen molar-refractivity contribution in [3.8, 4) is 0 Å². The van der Waals surface area contributed by atoms with Crippen LogP contribution in [-0.2, 0) is 26.4 Å². The van der Waals surface area contributed by atoms with Crippen molar-refractivity contribution in [2.75, 3.05) is 19.3 Å². The third kappa shape index (κ3) is 5.38. The van der Waals surface area contributed by atoms with Gasteiger partial charge in [-0.3, -0.25) is 4.90 Å². The summed E-state index contributed by atoms with van der Waals surface area (Å²) < 4.78 is 51.6. The smallest absolute Gasteiger partial charge is 0.240 e. The van der Waals surface area contributed by atoms with Crippen LogP contribution in [0.4, 0.5) is 0 Å². The number of sulfone groups is 1. The van der Waals surface area contributed by atoms with Crippen LogP contribution in [0.25, 0.3) is 0 Å². The summed E-state index contributed by atoms with van der Waals surface area (Å²) in [5.41, 5.74) is 1.20. The van der Waals surface area contributed by atoms with E-state index >= 15 is 0 Å². The number of likely N-dealkylation sites (tertiary alicyclic amines) is 1. The van der Waals surface area contributed by atoms with Crippen molar-refractivity contribution in [1.29, 1.82) is 0 Å². The summed E-state index contributed by atoms with van der Waals surface area (Å²) in [5, 5.41) is 0. The summed E-state index contributed by atoms with van der Waals surface area (Å²) in [6.07, 6.45) is 2.73. The van der Waals surface area contributed by atoms with Crippen LogP contribution in [0.1, 0.15) is 18.4 Å². The maximum Gasteiger partial charge on any atom is 0.240 e. The summed E-state index contributed by atoms with van der Waals surface area (Å²) >= 11 is 0. The molecule has 8 heteroatoms. The average Bonchev–Trinajstić information content (AvgIpc) is 2.62. The van der Waals surface area contributed by atoms with Gasteiger partial charge in [0.25, 0.3) is 0 Å². The van der Waals surface area contributed by atoms with Gasteiger partial charge in [-0.05, 0) is 43.1 Å². The van der Waals surface area contributed by atoms with E-state index in [1.807, 2.05) is 18.2 Å². The Kier molecular flexibility index (Phi) is 6.00. The number of nitrogens with zero attached hydrogens (tertiary/aromatic N) is 1. The van der Waals surface area contributed by atoms with Gasteiger partial charge in [0, 0.05) is 25.4 Å². The highest BCUT2D eigenvalue weighted by Crippen LogP contribution is 2.19. The van der Waals surface area contributed by atoms with E-state index in [2.05, 4.69) is 21.8 Å². The highest BCUT2D eigenvalue weighted by atomic mass is 32.2. The molecular formula is C19H24N2O4S2. The molecule has 0 amide bonds. The Balaban J connectivity index is 1.70. The summed E-state index contributed by atoms with van der Waals surface area (Å²) in [7, 11) is -7.24. The molecule has 0 saturated carbocycles. The molecule has 0 aromatic heterocycles. The molecule has 0 aliphatic carbocycles. The Morgan fingerprint density at radius 1 is 1.00 bits per heavy atom. The van der Waals surface area contributed by atoms with Crippen molar-refractivity contribution < 1.29 is 16.8 Å². The van der Waals surface area contributed by atoms with Gasteiger partial charge in [0.2, 0.25) is 10.0 Å². The zero-order chi connectivity index (χ0) is 19.5. The molecule has 0 bridgehead atoms. The van der Waals surface area contributed by atoms with E-state index in [9.17, 15) is 16.8 Å². The highest BCUT2D eigenvalue weighted by Gasteiger charge is 2.26. The van der Waals surface area contributed by atoms with E-state index in [4.69, 9.17) is 0 Å². The van der Waals surface area contributed by atoms with Crippen molar-refractivity contribution >= 4 is 19.9 Å². The summed E-state index contributed by atoms with van der Waals surface area (Å²) in [6, 6.07) is 15.4. The normalized spacial score (nSPS) is 19.1. The molecule has 0 radical (unpaired) electrons. The van der Waals surface area contributed by atoms with Crippen LogP contribution in [0, 0.1) is 0 Å². The van der Waals surface area contributed by atoms with E-state index in [1.165, 1.54) is 29.8 Å². The quantitative estimate of drug-likeness (QED) is 0.791. The predicted molar refractivity (Wildman–Crippen MR) is 105 cm³/mol. The number of sulfonamides is 1. The zero-order valence-corrected chi connectivity index (χ0v) is 16.8. The van der Waals surface area contributed by atoms with Crippen molar-refractivity contribution in [2.45, 2.75) is 35.2 Å². The van der Waals surface area contributed by atoms with E-state index in [0.717, 1.165) is 32.2 Å². The summed E-state index contributed by atoms with van der Waals surface area (Å²) in [4.78, 5) is 2.21. The van der Waals surface area contributed by atoms with Gasteiger partial charge >= 0.3 is 0 Å². The minimum atomic E-state index is -3.78. The average molecular weight is 409 g/mol. The van der Waals surface area contributed by atoms with Crippen LogP contribution in [-0.4, -0.2) is 47.1 Å². The lowest BCUT2D eigenvalue weighted by molar-refractivity contribution is 0.194. The van der Waals surface area contributed by atoms with Crippen LogP contribution in [0.15, 0.2) is 64.4 Å². The van der Waals surface area contributed by atoms with Crippen LogP contribution >= 0.6 is 0 Å². The topological polar surface area (TPSA) is 83.5 Å². The van der Waals surface area contributed by atoms with Crippen LogP contribution in [0.3, 0.4) is 0 Å². The lowest BCUT2D eigenvalue weighted by Gasteiger charge is -2.33. The second-order valence-electron chi connectivity index (χ2n) is 6.93. The van der Waals surface area contributed by atoms with E-state index in [-0.39, 0.29) is 15.8 Å². The second-order valence-corrected chi connectivity index (χ2v) is 10.7. The minimum Gasteiger partial charge on any atom is -0.298 e. The van der Waals surface area contributed by atoms with Crippen LogP contribution in [0.2, 0.25) is 0 Å². The third-order valence-electron chi connectivity index (χ3n) is 4.62. The van der Waals surface area contributed by atoms with E-state index in [1.54, 1.807) is 0 Å². The van der Waals surface area contributed by atoms with Gasteiger partial charge in [0.1, 0.15) is 0 Å². The molecule has 1 aliphatic rings. The van der Waals surface area contributed by atoms with Crippen molar-refractivity contribution in [1.82, 2.24) is 9.62 Å². The molecule has 3 rings (SSSR count). The Morgan fingerprint density at radius 3 is 2.41 bits per heavy atom. The molecule has 0 spiro atoms. The predicted octanol–water partition coefficient (Wildman–Crippen LogP) is 2.03. The number of hydrogen-bond donors (Lipinski definition) is 1. The number of benzene rings is 2. The van der Waals surface area contributed by atoms with Gasteiger partial charge < -0.3 is 0 Å². The fourth-order valence-electron chi connectivity index (χ4n) is 3.30. The van der Waals surface area contributed by atoms with Crippen molar-refractivity contribution in [3.63, 3.8) is 0 Å². The maximum atomic E-state index is 12.7. The number of rotatable bonds is 6. The number of nitrogens with one attached hydrogen (secondary N) is 1. The highest BCUT2D eigenvalue weighted by molar-refractivity contribution is 7.91. The van der Waals surface area contributed by atoms with Crippen LogP contribution < -0.4 is 4.72 Å². The fraction of sp³-hybridized carbons (Fsp3) is 0.368. The molecule has 27 heavy (non-hydrogen) atoms. The Hall–Kier alpha value is -1.74. The maximum absolute atomic E-state index is 12.7. The largest absolute Gasteiger partial charge is 0.298 e. The van der Waals surface area contributed by atoms with Crippen molar-refractivity contribution in [3.05, 3.63) is 60.2 Å². The zero-order valence-electron chi connectivity index (χ0n) is 15.2.